The van der Waals surface area contributed by atoms with Crippen molar-refractivity contribution in [1.82, 2.24) is 5.32 Å². The summed E-state index contributed by atoms with van der Waals surface area (Å²) in [5.41, 5.74) is 0.644. The monoisotopic (exact) mass is 139 g/mol. The number of nitrogens with one attached hydrogen (secondary N) is 1. The summed E-state index contributed by atoms with van der Waals surface area (Å²) in [5.74, 6) is -0.174. The number of hydrogen-bond donors (Lipinski definition) is 1. The second-order valence-electron chi connectivity index (χ2n) is 2.07. The van der Waals surface area contributed by atoms with E-state index in [2.05, 4.69) is 5.32 Å². The Morgan fingerprint density at radius 2 is 2.30 bits per heavy atom. The molecule has 0 aromatic heterocycles. The van der Waals surface area contributed by atoms with Crippen LogP contribution in [0.5, 0.6) is 0 Å². The van der Waals surface area contributed by atoms with Crippen molar-refractivity contribution in [3.05, 3.63) is 35.8 Å². The van der Waals surface area contributed by atoms with E-state index in [4.69, 9.17) is 0 Å². The van der Waals surface area contributed by atoms with Crippen molar-refractivity contribution < 1.29 is 4.39 Å². The van der Waals surface area contributed by atoms with Gasteiger partial charge < -0.3 is 5.32 Å². The van der Waals surface area contributed by atoms with Crippen LogP contribution in [0.2, 0.25) is 0 Å². The lowest BCUT2D eigenvalue weighted by Crippen LogP contribution is -2.05. The van der Waals surface area contributed by atoms with Gasteiger partial charge in [-0.05, 0) is 6.08 Å². The van der Waals surface area contributed by atoms with Crippen LogP contribution in [0.3, 0.4) is 0 Å². The smallest absolute Gasteiger partial charge is 0.142 e. The lowest BCUT2D eigenvalue weighted by Gasteiger charge is -2.01. The topological polar surface area (TPSA) is 12.0 Å². The normalized spacial score (nSPS) is 17.4. The van der Waals surface area contributed by atoms with Gasteiger partial charge in [0.1, 0.15) is 5.83 Å². The fraction of sp³-hybridized carbons (Fsp3) is 0.250. The Kier molecular flexibility index (Phi) is 2.26. The molecule has 0 atom stereocenters. The van der Waals surface area contributed by atoms with Crippen LogP contribution in [0.4, 0.5) is 4.39 Å². The van der Waals surface area contributed by atoms with Gasteiger partial charge in [-0.25, -0.2) is 4.39 Å². The molecule has 0 fully saturated rings. The molecule has 0 bridgehead atoms. The van der Waals surface area contributed by atoms with E-state index >= 15 is 0 Å². The molecule has 0 amide bonds. The molecule has 0 unspecified atom stereocenters. The van der Waals surface area contributed by atoms with Crippen molar-refractivity contribution in [3.63, 3.8) is 0 Å². The van der Waals surface area contributed by atoms with Crippen LogP contribution >= 0.6 is 0 Å². The highest BCUT2D eigenvalue weighted by molar-refractivity contribution is 5.26. The van der Waals surface area contributed by atoms with Gasteiger partial charge in [0.25, 0.3) is 0 Å². The van der Waals surface area contributed by atoms with Crippen LogP contribution in [0.15, 0.2) is 35.8 Å². The number of hydrogen-bond acceptors (Lipinski definition) is 1. The van der Waals surface area contributed by atoms with Crippen molar-refractivity contribution >= 4 is 0 Å². The summed E-state index contributed by atoms with van der Waals surface area (Å²) in [6.07, 6.45) is 7.54. The van der Waals surface area contributed by atoms with Crippen molar-refractivity contribution in [2.24, 2.45) is 0 Å². The molecule has 1 aliphatic rings. The highest BCUT2D eigenvalue weighted by Crippen LogP contribution is 2.12. The third-order valence-electron chi connectivity index (χ3n) is 1.40. The third kappa shape index (κ3) is 1.47. The Bertz CT molecular complexity index is 201. The van der Waals surface area contributed by atoms with E-state index in [1.165, 1.54) is 6.08 Å². The Hall–Kier alpha value is -1.05. The first kappa shape index (κ1) is 7.06. The summed E-state index contributed by atoms with van der Waals surface area (Å²) >= 11 is 0. The zero-order valence-corrected chi connectivity index (χ0v) is 5.89. The minimum Gasteiger partial charge on any atom is -0.389 e. The van der Waals surface area contributed by atoms with Crippen LogP contribution in [0.1, 0.15) is 6.42 Å². The van der Waals surface area contributed by atoms with Crippen LogP contribution in [0.25, 0.3) is 0 Å². The minimum atomic E-state index is -0.174. The molecule has 2 heteroatoms. The molecule has 1 nitrogen and oxygen atoms in total. The predicted octanol–water partition coefficient (Wildman–Crippen LogP) is 1.90. The summed E-state index contributed by atoms with van der Waals surface area (Å²) in [4.78, 5) is 0. The summed E-state index contributed by atoms with van der Waals surface area (Å²) < 4.78 is 12.8. The van der Waals surface area contributed by atoms with E-state index in [0.717, 1.165) is 0 Å². The summed E-state index contributed by atoms with van der Waals surface area (Å²) in [6.45, 7) is 0. The van der Waals surface area contributed by atoms with Gasteiger partial charge in [0.15, 0.2) is 0 Å². The van der Waals surface area contributed by atoms with Crippen molar-refractivity contribution in [2.75, 3.05) is 7.05 Å². The van der Waals surface area contributed by atoms with E-state index in [-0.39, 0.29) is 5.83 Å². The number of halogens is 1. The zero-order chi connectivity index (χ0) is 7.40. The van der Waals surface area contributed by atoms with Crippen LogP contribution in [-0.2, 0) is 0 Å². The first-order chi connectivity index (χ1) is 4.84. The SMILES string of the molecule is CNC1=C(F)C=CC=CC1. The molecular formula is C8H10FN. The highest BCUT2D eigenvalue weighted by atomic mass is 19.1. The lowest BCUT2D eigenvalue weighted by atomic mass is 10.3. The molecule has 1 rings (SSSR count). The van der Waals surface area contributed by atoms with E-state index in [1.807, 2.05) is 12.2 Å². The summed E-state index contributed by atoms with van der Waals surface area (Å²) in [5, 5.41) is 2.80. The Labute approximate surface area is 59.9 Å². The van der Waals surface area contributed by atoms with Crippen molar-refractivity contribution in [1.29, 1.82) is 0 Å². The van der Waals surface area contributed by atoms with Gasteiger partial charge in [-0.15, -0.1) is 0 Å². The molecule has 0 aromatic carbocycles. The fourth-order valence-corrected chi connectivity index (χ4v) is 0.824. The molecule has 10 heavy (non-hydrogen) atoms. The first-order valence-electron chi connectivity index (χ1n) is 3.24. The van der Waals surface area contributed by atoms with Crippen LogP contribution in [-0.4, -0.2) is 7.05 Å². The average Bonchev–Trinajstić information content (AvgIpc) is 2.13. The lowest BCUT2D eigenvalue weighted by molar-refractivity contribution is 0.636. The Balaban J connectivity index is 2.82. The van der Waals surface area contributed by atoms with Gasteiger partial charge in [0.05, 0.1) is 5.70 Å². The van der Waals surface area contributed by atoms with Crippen LogP contribution < -0.4 is 5.32 Å². The molecule has 1 aliphatic carbocycles. The maximum atomic E-state index is 12.8. The first-order valence-corrected chi connectivity index (χ1v) is 3.24. The molecule has 0 saturated carbocycles. The molecule has 0 heterocycles. The minimum absolute atomic E-state index is 0.174. The molecule has 0 saturated heterocycles. The van der Waals surface area contributed by atoms with Crippen molar-refractivity contribution in [2.45, 2.75) is 6.42 Å². The molecule has 0 aliphatic heterocycles. The number of rotatable bonds is 1. The number of allylic oxidation sites excluding steroid dienone is 5. The molecule has 0 radical (unpaired) electrons. The second-order valence-corrected chi connectivity index (χ2v) is 2.07. The van der Waals surface area contributed by atoms with E-state index in [0.29, 0.717) is 12.1 Å². The maximum absolute atomic E-state index is 12.8. The fourth-order valence-electron chi connectivity index (χ4n) is 0.824. The van der Waals surface area contributed by atoms with Gasteiger partial charge in [0, 0.05) is 13.5 Å². The third-order valence-corrected chi connectivity index (χ3v) is 1.40. The van der Waals surface area contributed by atoms with E-state index in [1.54, 1.807) is 13.1 Å². The van der Waals surface area contributed by atoms with Gasteiger partial charge in [-0.2, -0.15) is 0 Å². The van der Waals surface area contributed by atoms with E-state index < -0.39 is 0 Å². The van der Waals surface area contributed by atoms with Gasteiger partial charge in [-0.3, -0.25) is 0 Å². The molecule has 0 aromatic rings. The predicted molar refractivity (Wildman–Crippen MR) is 40.1 cm³/mol. The standard InChI is InChI=1S/C8H10FN/c1-10-8-6-4-2-3-5-7(8)9/h2-5,10H,6H2,1H3. The largest absolute Gasteiger partial charge is 0.389 e. The molecule has 0 spiro atoms. The van der Waals surface area contributed by atoms with E-state index in [9.17, 15) is 4.39 Å². The highest BCUT2D eigenvalue weighted by Gasteiger charge is 2.00. The second kappa shape index (κ2) is 3.20. The van der Waals surface area contributed by atoms with Gasteiger partial charge >= 0.3 is 0 Å². The summed E-state index contributed by atoms with van der Waals surface area (Å²) in [7, 11) is 1.72. The zero-order valence-electron chi connectivity index (χ0n) is 5.89. The maximum Gasteiger partial charge on any atom is 0.142 e. The Morgan fingerprint density at radius 3 is 3.00 bits per heavy atom. The quantitative estimate of drug-likeness (QED) is 0.585. The molecule has 54 valence electrons. The molecule has 1 N–H and O–H groups in total. The van der Waals surface area contributed by atoms with Gasteiger partial charge in [0.2, 0.25) is 0 Å². The summed E-state index contributed by atoms with van der Waals surface area (Å²) in [6, 6.07) is 0. The van der Waals surface area contributed by atoms with Gasteiger partial charge in [-0.1, -0.05) is 18.2 Å². The average molecular weight is 139 g/mol. The molecular weight excluding hydrogens is 129 g/mol. The van der Waals surface area contributed by atoms with Crippen LogP contribution in [0, 0.1) is 0 Å². The Morgan fingerprint density at radius 1 is 1.50 bits per heavy atom. The van der Waals surface area contributed by atoms with Crippen molar-refractivity contribution in [3.8, 4) is 0 Å².